The lowest BCUT2D eigenvalue weighted by atomic mass is 9.87. The van der Waals surface area contributed by atoms with Crippen LogP contribution < -0.4 is 4.74 Å². The highest BCUT2D eigenvalue weighted by atomic mass is 16.5. The van der Waals surface area contributed by atoms with E-state index in [-0.39, 0.29) is 6.10 Å². The van der Waals surface area contributed by atoms with Gasteiger partial charge in [0.25, 0.3) is 0 Å². The van der Waals surface area contributed by atoms with Crippen molar-refractivity contribution in [1.82, 2.24) is 0 Å². The Hall–Kier alpha value is -1.02. The number of ether oxygens (including phenoxy) is 2. The van der Waals surface area contributed by atoms with Crippen LogP contribution in [0, 0.1) is 0 Å². The Morgan fingerprint density at radius 1 is 1.37 bits per heavy atom. The lowest BCUT2D eigenvalue weighted by Crippen LogP contribution is -2.26. The van der Waals surface area contributed by atoms with E-state index in [0.29, 0.717) is 12.0 Å². The van der Waals surface area contributed by atoms with E-state index >= 15 is 0 Å². The highest BCUT2D eigenvalue weighted by Crippen LogP contribution is 2.35. The molecule has 0 saturated heterocycles. The molecule has 0 aliphatic carbocycles. The first kappa shape index (κ1) is 14.4. The van der Waals surface area contributed by atoms with Crippen molar-refractivity contribution >= 4 is 0 Å². The zero-order chi connectivity index (χ0) is 13.8. The first-order chi connectivity index (χ1) is 9.11. The van der Waals surface area contributed by atoms with E-state index in [1.54, 1.807) is 0 Å². The van der Waals surface area contributed by atoms with E-state index in [1.165, 1.54) is 30.4 Å². The van der Waals surface area contributed by atoms with Gasteiger partial charge in [0.05, 0.1) is 18.8 Å². The number of rotatable bonds is 5. The molecular formula is C17H26O2. The molecule has 2 atom stereocenters. The summed E-state index contributed by atoms with van der Waals surface area (Å²) in [7, 11) is 0. The molecular weight excluding hydrogens is 236 g/mol. The number of hydrogen-bond acceptors (Lipinski definition) is 2. The van der Waals surface area contributed by atoms with Gasteiger partial charge in [0.15, 0.2) is 0 Å². The lowest BCUT2D eigenvalue weighted by molar-refractivity contribution is 0.00509. The van der Waals surface area contributed by atoms with Crippen LogP contribution in [0.25, 0.3) is 0 Å². The predicted molar refractivity (Wildman–Crippen MR) is 78.7 cm³/mol. The fourth-order valence-corrected chi connectivity index (χ4v) is 2.78. The molecule has 2 rings (SSSR count). The summed E-state index contributed by atoms with van der Waals surface area (Å²) < 4.78 is 11.8. The Kier molecular flexibility index (Phi) is 4.87. The highest BCUT2D eigenvalue weighted by Gasteiger charge is 2.26. The number of fused-ring (bicyclic) bond motifs is 1. The van der Waals surface area contributed by atoms with Crippen LogP contribution >= 0.6 is 0 Å². The number of benzene rings is 1. The Morgan fingerprint density at radius 3 is 2.84 bits per heavy atom. The van der Waals surface area contributed by atoms with E-state index in [9.17, 15) is 0 Å². The van der Waals surface area contributed by atoms with E-state index in [0.717, 1.165) is 12.4 Å². The van der Waals surface area contributed by atoms with Gasteiger partial charge in [-0.05, 0) is 43.5 Å². The van der Waals surface area contributed by atoms with Gasteiger partial charge in [0.1, 0.15) is 5.75 Å². The van der Waals surface area contributed by atoms with Crippen molar-refractivity contribution in [2.24, 2.45) is 0 Å². The smallest absolute Gasteiger partial charge is 0.120 e. The van der Waals surface area contributed by atoms with E-state index in [1.807, 2.05) is 0 Å². The van der Waals surface area contributed by atoms with Crippen LogP contribution in [0.3, 0.4) is 0 Å². The molecule has 106 valence electrons. The summed E-state index contributed by atoms with van der Waals surface area (Å²) in [5.74, 6) is 1.44. The molecule has 0 bridgehead atoms. The Labute approximate surface area is 117 Å². The fourth-order valence-electron chi connectivity index (χ4n) is 2.78. The average Bonchev–Trinajstić information content (AvgIpc) is 2.37. The van der Waals surface area contributed by atoms with Crippen LogP contribution in [0.15, 0.2) is 18.2 Å². The molecule has 0 fully saturated rings. The van der Waals surface area contributed by atoms with Gasteiger partial charge in [-0.3, -0.25) is 0 Å². The monoisotopic (exact) mass is 262 g/mol. The molecule has 2 nitrogen and oxygen atoms in total. The van der Waals surface area contributed by atoms with Crippen molar-refractivity contribution in [3.8, 4) is 5.75 Å². The van der Waals surface area contributed by atoms with E-state index in [4.69, 9.17) is 9.47 Å². The van der Waals surface area contributed by atoms with Gasteiger partial charge in [-0.1, -0.05) is 32.8 Å². The molecule has 1 aromatic carbocycles. The third kappa shape index (κ3) is 3.50. The molecule has 1 aliphatic heterocycles. The Morgan fingerprint density at radius 2 is 2.16 bits per heavy atom. The standard InChI is InChI=1S/C17H26O2/c1-5-6-7-17-13(4)16-9-8-15(19-12(2)3)10-14(16)11-18-17/h8-10,12-13,17H,5-7,11H2,1-4H3/t13-,17-/m0/s1. The van der Waals surface area contributed by atoms with Crippen LogP contribution in [-0.2, 0) is 11.3 Å². The normalized spacial score (nSPS) is 22.4. The summed E-state index contributed by atoms with van der Waals surface area (Å²) >= 11 is 0. The Bertz CT molecular complexity index is 412. The summed E-state index contributed by atoms with van der Waals surface area (Å²) in [4.78, 5) is 0. The summed E-state index contributed by atoms with van der Waals surface area (Å²) in [6.45, 7) is 9.35. The minimum atomic E-state index is 0.220. The minimum absolute atomic E-state index is 0.220. The predicted octanol–water partition coefficient (Wildman–Crippen LogP) is 4.67. The van der Waals surface area contributed by atoms with Crippen LogP contribution in [-0.4, -0.2) is 12.2 Å². The molecule has 0 unspecified atom stereocenters. The van der Waals surface area contributed by atoms with Crippen molar-refractivity contribution in [2.75, 3.05) is 0 Å². The second-order valence-corrected chi connectivity index (χ2v) is 5.81. The quantitative estimate of drug-likeness (QED) is 0.768. The molecule has 0 saturated carbocycles. The molecule has 2 heteroatoms. The van der Waals surface area contributed by atoms with Gasteiger partial charge in [0.2, 0.25) is 0 Å². The van der Waals surface area contributed by atoms with Crippen molar-refractivity contribution in [3.05, 3.63) is 29.3 Å². The summed E-state index contributed by atoms with van der Waals surface area (Å²) in [5, 5.41) is 0. The molecule has 0 amide bonds. The second kappa shape index (κ2) is 6.42. The topological polar surface area (TPSA) is 18.5 Å². The lowest BCUT2D eigenvalue weighted by Gasteiger charge is -2.32. The molecule has 1 aliphatic rings. The maximum absolute atomic E-state index is 6.02. The van der Waals surface area contributed by atoms with Crippen molar-refractivity contribution in [3.63, 3.8) is 0 Å². The third-order valence-corrected chi connectivity index (χ3v) is 3.83. The van der Waals surface area contributed by atoms with Gasteiger partial charge < -0.3 is 9.47 Å². The molecule has 0 N–H and O–H groups in total. The SMILES string of the molecule is CCCC[C@@H]1OCc2cc(OC(C)C)ccc2[C@@H]1C. The van der Waals surface area contributed by atoms with Crippen molar-refractivity contribution < 1.29 is 9.47 Å². The molecule has 0 spiro atoms. The maximum atomic E-state index is 6.02. The second-order valence-electron chi connectivity index (χ2n) is 5.81. The maximum Gasteiger partial charge on any atom is 0.120 e. The summed E-state index contributed by atoms with van der Waals surface area (Å²) in [6, 6.07) is 6.46. The fraction of sp³-hybridized carbons (Fsp3) is 0.647. The highest BCUT2D eigenvalue weighted by molar-refractivity contribution is 5.39. The van der Waals surface area contributed by atoms with Gasteiger partial charge >= 0.3 is 0 Å². The van der Waals surface area contributed by atoms with Crippen LogP contribution in [0.2, 0.25) is 0 Å². The van der Waals surface area contributed by atoms with Gasteiger partial charge in [-0.2, -0.15) is 0 Å². The number of unbranched alkanes of at least 4 members (excludes halogenated alkanes) is 1. The summed E-state index contributed by atoms with van der Waals surface area (Å²) in [6.07, 6.45) is 4.25. The van der Waals surface area contributed by atoms with Crippen molar-refractivity contribution in [2.45, 2.75) is 71.7 Å². The molecule has 1 aromatic rings. The van der Waals surface area contributed by atoms with Crippen LogP contribution in [0.4, 0.5) is 0 Å². The third-order valence-electron chi connectivity index (χ3n) is 3.83. The van der Waals surface area contributed by atoms with Gasteiger partial charge in [-0.25, -0.2) is 0 Å². The van der Waals surface area contributed by atoms with Crippen LogP contribution in [0.5, 0.6) is 5.75 Å². The number of hydrogen-bond donors (Lipinski definition) is 0. The van der Waals surface area contributed by atoms with E-state index < -0.39 is 0 Å². The van der Waals surface area contributed by atoms with Gasteiger partial charge in [-0.15, -0.1) is 0 Å². The van der Waals surface area contributed by atoms with Crippen LogP contribution in [0.1, 0.15) is 64.0 Å². The first-order valence-electron chi connectivity index (χ1n) is 7.53. The van der Waals surface area contributed by atoms with E-state index in [2.05, 4.69) is 45.9 Å². The average molecular weight is 262 g/mol. The molecule has 1 heterocycles. The largest absolute Gasteiger partial charge is 0.491 e. The van der Waals surface area contributed by atoms with Gasteiger partial charge in [0, 0.05) is 5.92 Å². The first-order valence-corrected chi connectivity index (χ1v) is 7.53. The minimum Gasteiger partial charge on any atom is -0.491 e. The Balaban J connectivity index is 2.11. The van der Waals surface area contributed by atoms with Crippen molar-refractivity contribution in [1.29, 1.82) is 0 Å². The summed E-state index contributed by atoms with van der Waals surface area (Å²) in [5.41, 5.74) is 2.72. The zero-order valence-electron chi connectivity index (χ0n) is 12.6. The molecule has 0 aromatic heterocycles. The molecule has 0 radical (unpaired) electrons. The zero-order valence-corrected chi connectivity index (χ0v) is 12.6. The molecule has 19 heavy (non-hydrogen) atoms.